The van der Waals surface area contributed by atoms with Crippen molar-refractivity contribution in [1.29, 1.82) is 0 Å². The van der Waals surface area contributed by atoms with Gasteiger partial charge in [0.2, 0.25) is 0 Å². The van der Waals surface area contributed by atoms with E-state index in [1.54, 1.807) is 0 Å². The van der Waals surface area contributed by atoms with Gasteiger partial charge in [-0.2, -0.15) is 0 Å². The molecule has 2 atom stereocenters. The topological polar surface area (TPSA) is 26.0 Å². The molecule has 2 rings (SSSR count). The summed E-state index contributed by atoms with van der Waals surface area (Å²) < 4.78 is 0. The van der Waals surface area contributed by atoms with Crippen LogP contribution in [0.15, 0.2) is 0 Å². The zero-order valence-electron chi connectivity index (χ0n) is 7.97. The van der Waals surface area contributed by atoms with E-state index >= 15 is 0 Å². The number of nitrogens with two attached hydrogens (primary N) is 1. The van der Waals surface area contributed by atoms with Crippen LogP contribution in [0.4, 0.5) is 0 Å². The van der Waals surface area contributed by atoms with Crippen molar-refractivity contribution in [2.75, 3.05) is 6.54 Å². The molecule has 0 spiro atoms. The van der Waals surface area contributed by atoms with E-state index in [0.717, 1.165) is 24.3 Å². The highest BCUT2D eigenvalue weighted by molar-refractivity contribution is 4.87. The molecule has 0 radical (unpaired) electrons. The molecule has 0 aromatic carbocycles. The van der Waals surface area contributed by atoms with Crippen LogP contribution in [-0.4, -0.2) is 6.54 Å². The smallest absolute Gasteiger partial charge is 0.00461 e. The Morgan fingerprint density at radius 1 is 0.917 bits per heavy atom. The zero-order chi connectivity index (χ0) is 8.39. The third-order valence-electron chi connectivity index (χ3n) is 3.75. The summed E-state index contributed by atoms with van der Waals surface area (Å²) in [5, 5.41) is 0. The van der Waals surface area contributed by atoms with E-state index in [9.17, 15) is 0 Å². The Labute approximate surface area is 75.7 Å². The summed E-state index contributed by atoms with van der Waals surface area (Å²) in [4.78, 5) is 0. The first-order valence-corrected chi connectivity index (χ1v) is 5.62. The fourth-order valence-corrected chi connectivity index (χ4v) is 2.85. The van der Waals surface area contributed by atoms with Crippen LogP contribution in [-0.2, 0) is 0 Å². The van der Waals surface area contributed by atoms with Gasteiger partial charge in [-0.15, -0.1) is 0 Å². The van der Waals surface area contributed by atoms with Crippen molar-refractivity contribution in [3.05, 3.63) is 0 Å². The Balaban J connectivity index is 1.93. The highest BCUT2D eigenvalue weighted by Crippen LogP contribution is 2.45. The Morgan fingerprint density at radius 2 is 1.67 bits per heavy atom. The second kappa shape index (κ2) is 3.78. The summed E-state index contributed by atoms with van der Waals surface area (Å²) in [5.74, 6) is 2.97. The predicted molar refractivity (Wildman–Crippen MR) is 51.8 cm³/mol. The molecule has 2 unspecified atom stereocenters. The molecule has 70 valence electrons. The Bertz CT molecular complexity index is 140. The molecule has 0 aliphatic heterocycles. The van der Waals surface area contributed by atoms with Crippen LogP contribution >= 0.6 is 0 Å². The van der Waals surface area contributed by atoms with Crippen molar-refractivity contribution in [3.8, 4) is 0 Å². The molecule has 2 saturated carbocycles. The molecular formula is C11H21N. The molecule has 0 aromatic rings. The number of rotatable bonds is 2. The van der Waals surface area contributed by atoms with Crippen molar-refractivity contribution in [1.82, 2.24) is 0 Å². The SMILES string of the molecule is NCC1CCCCCC1C1CC1. The predicted octanol–water partition coefficient (Wildman–Crippen LogP) is 2.55. The highest BCUT2D eigenvalue weighted by Gasteiger charge is 2.35. The van der Waals surface area contributed by atoms with Gasteiger partial charge in [0, 0.05) is 0 Å². The lowest BCUT2D eigenvalue weighted by Gasteiger charge is -2.23. The van der Waals surface area contributed by atoms with Crippen molar-refractivity contribution in [2.24, 2.45) is 23.5 Å². The van der Waals surface area contributed by atoms with E-state index in [0.29, 0.717) is 0 Å². The van der Waals surface area contributed by atoms with E-state index in [1.165, 1.54) is 44.9 Å². The largest absolute Gasteiger partial charge is 0.330 e. The quantitative estimate of drug-likeness (QED) is 0.628. The van der Waals surface area contributed by atoms with Gasteiger partial charge in [0.15, 0.2) is 0 Å². The third-order valence-corrected chi connectivity index (χ3v) is 3.75. The first-order valence-electron chi connectivity index (χ1n) is 5.62. The molecule has 2 aliphatic rings. The lowest BCUT2D eigenvalue weighted by Crippen LogP contribution is -2.23. The molecule has 12 heavy (non-hydrogen) atoms. The summed E-state index contributed by atoms with van der Waals surface area (Å²) in [6.45, 7) is 0.946. The van der Waals surface area contributed by atoms with Crippen molar-refractivity contribution < 1.29 is 0 Å². The van der Waals surface area contributed by atoms with Crippen LogP contribution in [0.5, 0.6) is 0 Å². The zero-order valence-corrected chi connectivity index (χ0v) is 7.97. The van der Waals surface area contributed by atoms with Crippen LogP contribution in [0.2, 0.25) is 0 Å². The summed E-state index contributed by atoms with van der Waals surface area (Å²) in [7, 11) is 0. The summed E-state index contributed by atoms with van der Waals surface area (Å²) >= 11 is 0. The van der Waals surface area contributed by atoms with Gasteiger partial charge in [-0.3, -0.25) is 0 Å². The van der Waals surface area contributed by atoms with Crippen LogP contribution in [0.3, 0.4) is 0 Å². The fourth-order valence-electron chi connectivity index (χ4n) is 2.85. The molecule has 1 nitrogen and oxygen atoms in total. The van der Waals surface area contributed by atoms with Crippen LogP contribution in [0.25, 0.3) is 0 Å². The average Bonchev–Trinajstić information content (AvgIpc) is 2.91. The standard InChI is InChI=1S/C11H21N/c12-8-10-4-2-1-3-5-11(10)9-6-7-9/h9-11H,1-8,12H2. The lowest BCUT2D eigenvalue weighted by molar-refractivity contribution is 0.284. The van der Waals surface area contributed by atoms with Gasteiger partial charge >= 0.3 is 0 Å². The molecule has 2 aliphatic carbocycles. The summed E-state index contributed by atoms with van der Waals surface area (Å²) in [6, 6.07) is 0. The van der Waals surface area contributed by atoms with Gasteiger partial charge in [-0.1, -0.05) is 19.3 Å². The maximum absolute atomic E-state index is 5.83. The maximum Gasteiger partial charge on any atom is -0.00461 e. The monoisotopic (exact) mass is 167 g/mol. The third kappa shape index (κ3) is 1.82. The second-order valence-corrected chi connectivity index (χ2v) is 4.64. The molecule has 0 aromatic heterocycles. The van der Waals surface area contributed by atoms with Gasteiger partial charge in [0.1, 0.15) is 0 Å². The van der Waals surface area contributed by atoms with E-state index in [-0.39, 0.29) is 0 Å². The number of hydrogen-bond acceptors (Lipinski definition) is 1. The molecule has 0 saturated heterocycles. The maximum atomic E-state index is 5.83. The summed E-state index contributed by atoms with van der Waals surface area (Å²) in [6.07, 6.45) is 10.3. The molecule has 0 bridgehead atoms. The first-order chi connectivity index (χ1) is 5.92. The highest BCUT2D eigenvalue weighted by atomic mass is 14.6. The van der Waals surface area contributed by atoms with Crippen LogP contribution in [0.1, 0.15) is 44.9 Å². The van der Waals surface area contributed by atoms with E-state index in [4.69, 9.17) is 5.73 Å². The fraction of sp³-hybridized carbons (Fsp3) is 1.00. The minimum Gasteiger partial charge on any atom is -0.330 e. The van der Waals surface area contributed by atoms with Gasteiger partial charge in [-0.25, -0.2) is 0 Å². The molecule has 0 heterocycles. The van der Waals surface area contributed by atoms with E-state index in [2.05, 4.69) is 0 Å². The normalized spacial score (nSPS) is 37.8. The van der Waals surface area contributed by atoms with Gasteiger partial charge < -0.3 is 5.73 Å². The Hall–Kier alpha value is -0.0400. The molecule has 2 N–H and O–H groups in total. The lowest BCUT2D eigenvalue weighted by atomic mass is 9.84. The molecular weight excluding hydrogens is 146 g/mol. The van der Waals surface area contributed by atoms with E-state index in [1.807, 2.05) is 0 Å². The first kappa shape index (κ1) is 8.55. The van der Waals surface area contributed by atoms with Gasteiger partial charge in [-0.05, 0) is 50.0 Å². The minimum atomic E-state index is 0.875. The van der Waals surface area contributed by atoms with Crippen molar-refractivity contribution in [3.63, 3.8) is 0 Å². The van der Waals surface area contributed by atoms with E-state index < -0.39 is 0 Å². The molecule has 2 fully saturated rings. The van der Waals surface area contributed by atoms with Crippen molar-refractivity contribution >= 4 is 0 Å². The van der Waals surface area contributed by atoms with Crippen molar-refractivity contribution in [2.45, 2.75) is 44.9 Å². The minimum absolute atomic E-state index is 0.875. The Kier molecular flexibility index (Phi) is 2.69. The molecule has 0 amide bonds. The second-order valence-electron chi connectivity index (χ2n) is 4.64. The van der Waals surface area contributed by atoms with Crippen LogP contribution in [0, 0.1) is 17.8 Å². The van der Waals surface area contributed by atoms with Gasteiger partial charge in [0.05, 0.1) is 0 Å². The average molecular weight is 167 g/mol. The van der Waals surface area contributed by atoms with Crippen LogP contribution < -0.4 is 5.73 Å². The summed E-state index contributed by atoms with van der Waals surface area (Å²) in [5.41, 5.74) is 5.83. The Morgan fingerprint density at radius 3 is 2.33 bits per heavy atom. The number of hydrogen-bond donors (Lipinski definition) is 1. The molecule has 1 heteroatoms. The van der Waals surface area contributed by atoms with Gasteiger partial charge in [0.25, 0.3) is 0 Å².